The van der Waals surface area contributed by atoms with Crippen LogP contribution in [0.1, 0.15) is 0 Å². The Morgan fingerprint density at radius 3 is 2.22 bits per heavy atom. The molecule has 0 aliphatic carbocycles. The molecule has 0 fully saturated rings. The molecule has 2 heterocycles. The van der Waals surface area contributed by atoms with E-state index >= 15 is 0 Å². The van der Waals surface area contributed by atoms with Gasteiger partial charge in [-0.3, -0.25) is 0 Å². The molecule has 5 aromatic rings. The summed E-state index contributed by atoms with van der Waals surface area (Å²) in [5, 5.41) is 12.9. The van der Waals surface area contributed by atoms with Gasteiger partial charge < -0.3 is 18.5 Å². The monoisotopic (exact) mass is 301 g/mol. The van der Waals surface area contributed by atoms with E-state index in [1.54, 1.807) is 12.1 Å². The van der Waals surface area contributed by atoms with Crippen LogP contribution in [-0.2, 0) is 0 Å². The molecule has 4 nitrogen and oxygen atoms in total. The summed E-state index contributed by atoms with van der Waals surface area (Å²) in [7, 11) is 0.658. The van der Waals surface area contributed by atoms with Gasteiger partial charge in [0, 0.05) is 27.6 Å². The smallest absolute Gasteiger partial charge is 0.537 e. The Morgan fingerprint density at radius 2 is 1.43 bits per heavy atom. The van der Waals surface area contributed by atoms with Gasteiger partial charge in [-0.15, -0.1) is 0 Å². The Bertz CT molecular complexity index is 1190. The first-order valence-electron chi connectivity index (χ1n) is 7.24. The van der Waals surface area contributed by atoms with Crippen molar-refractivity contribution in [2.75, 3.05) is 0 Å². The van der Waals surface area contributed by atoms with Crippen LogP contribution >= 0.6 is 0 Å². The number of furan rings is 2. The average molecular weight is 301 g/mol. The summed E-state index contributed by atoms with van der Waals surface area (Å²) in [5.41, 5.74) is 3.20. The van der Waals surface area contributed by atoms with Crippen LogP contribution in [0, 0.1) is 0 Å². The van der Waals surface area contributed by atoms with Gasteiger partial charge in [0.2, 0.25) is 0 Å². The summed E-state index contributed by atoms with van der Waals surface area (Å²) in [4.78, 5) is 0. The normalized spacial score (nSPS) is 11.7. The molecule has 0 unspecified atom stereocenters. The molecule has 2 aromatic heterocycles. The van der Waals surface area contributed by atoms with Crippen LogP contribution < -0.4 is 4.65 Å². The minimum absolute atomic E-state index is 0.521. The summed E-state index contributed by atoms with van der Waals surface area (Å²) in [6, 6.07) is 17.3. The Morgan fingerprint density at radius 1 is 0.739 bits per heavy atom. The first-order valence-corrected chi connectivity index (χ1v) is 7.24. The maximum atomic E-state index is 8.77. The highest BCUT2D eigenvalue weighted by Crippen LogP contribution is 2.40. The predicted octanol–water partition coefficient (Wildman–Crippen LogP) is 4.39. The van der Waals surface area contributed by atoms with Crippen LogP contribution in [0.2, 0.25) is 0 Å². The van der Waals surface area contributed by atoms with E-state index < -0.39 is 0 Å². The van der Waals surface area contributed by atoms with Gasteiger partial charge in [-0.25, -0.2) is 0 Å². The highest BCUT2D eigenvalue weighted by molar-refractivity contribution is 6.25. The molecule has 1 radical (unpaired) electrons. The van der Waals surface area contributed by atoms with Crippen molar-refractivity contribution in [3.8, 4) is 5.75 Å². The van der Waals surface area contributed by atoms with E-state index in [2.05, 4.69) is 6.07 Å². The maximum absolute atomic E-state index is 8.77. The van der Waals surface area contributed by atoms with Gasteiger partial charge in [0.05, 0.1) is 0 Å². The lowest BCUT2D eigenvalue weighted by atomic mass is 10.1. The highest BCUT2D eigenvalue weighted by atomic mass is 16.5. The van der Waals surface area contributed by atoms with Gasteiger partial charge in [-0.2, -0.15) is 0 Å². The zero-order valence-electron chi connectivity index (χ0n) is 11.9. The Balaban J connectivity index is 1.97. The van der Waals surface area contributed by atoms with Crippen LogP contribution in [0.5, 0.6) is 5.75 Å². The standard InChI is InChI=1S/C18H10BO4/c20-19-23-10-5-6-12-16(9-10)22-15-8-7-14-17(18(12)15)11-3-1-2-4-13(11)21-14/h1-9,20H. The third-order valence-electron chi connectivity index (χ3n) is 4.14. The molecule has 0 saturated carbocycles. The summed E-state index contributed by atoms with van der Waals surface area (Å²) in [6.07, 6.45) is 0. The molecule has 0 aliphatic rings. The number of rotatable bonds is 2. The second-order valence-corrected chi connectivity index (χ2v) is 5.39. The lowest BCUT2D eigenvalue weighted by molar-refractivity contribution is 0.453. The van der Waals surface area contributed by atoms with Crippen LogP contribution in [0.3, 0.4) is 0 Å². The van der Waals surface area contributed by atoms with Crippen molar-refractivity contribution in [2.45, 2.75) is 0 Å². The van der Waals surface area contributed by atoms with E-state index in [4.69, 9.17) is 18.5 Å². The molecular formula is C18H10BO4. The van der Waals surface area contributed by atoms with E-state index in [0.29, 0.717) is 19.0 Å². The second kappa shape index (κ2) is 4.54. The SMILES string of the molecule is O[B]Oc1ccc2c(c1)oc1ccc3oc4ccccc4c3c12. The van der Waals surface area contributed by atoms with Crippen LogP contribution in [0.15, 0.2) is 63.4 Å². The van der Waals surface area contributed by atoms with Crippen LogP contribution in [0.25, 0.3) is 43.9 Å². The Labute approximate surface area is 131 Å². The van der Waals surface area contributed by atoms with E-state index in [-0.39, 0.29) is 0 Å². The third kappa shape index (κ3) is 1.71. The van der Waals surface area contributed by atoms with Crippen molar-refractivity contribution < 1.29 is 18.5 Å². The predicted molar refractivity (Wildman–Crippen MR) is 89.6 cm³/mol. The topological polar surface area (TPSA) is 55.7 Å². The van der Waals surface area contributed by atoms with Gasteiger partial charge in [-0.05, 0) is 30.3 Å². The quantitative estimate of drug-likeness (QED) is 0.491. The number of para-hydroxylation sites is 1. The van der Waals surface area contributed by atoms with Gasteiger partial charge in [0.15, 0.2) is 0 Å². The highest BCUT2D eigenvalue weighted by Gasteiger charge is 2.16. The Kier molecular flexibility index (Phi) is 2.49. The van der Waals surface area contributed by atoms with Crippen LogP contribution in [-0.4, -0.2) is 12.7 Å². The number of fused-ring (bicyclic) bond motifs is 7. The van der Waals surface area contributed by atoms with Gasteiger partial charge in [0.1, 0.15) is 28.1 Å². The number of benzene rings is 3. The van der Waals surface area contributed by atoms with Crippen molar-refractivity contribution >= 4 is 51.6 Å². The molecule has 0 saturated heterocycles. The van der Waals surface area contributed by atoms with E-state index in [1.807, 2.05) is 36.4 Å². The van der Waals surface area contributed by atoms with Crippen molar-refractivity contribution in [2.24, 2.45) is 0 Å². The summed E-state index contributed by atoms with van der Waals surface area (Å²) < 4.78 is 16.9. The van der Waals surface area contributed by atoms with Crippen molar-refractivity contribution in [3.63, 3.8) is 0 Å². The fraction of sp³-hybridized carbons (Fsp3) is 0. The second-order valence-electron chi connectivity index (χ2n) is 5.39. The van der Waals surface area contributed by atoms with Crippen molar-refractivity contribution in [1.29, 1.82) is 0 Å². The molecular weight excluding hydrogens is 291 g/mol. The molecule has 23 heavy (non-hydrogen) atoms. The minimum atomic E-state index is 0.521. The molecule has 5 heteroatoms. The lowest BCUT2D eigenvalue weighted by Crippen LogP contribution is -1.98. The molecule has 109 valence electrons. The average Bonchev–Trinajstić information content (AvgIpc) is 3.11. The first-order chi connectivity index (χ1) is 11.3. The zero-order chi connectivity index (χ0) is 15.4. The zero-order valence-corrected chi connectivity index (χ0v) is 11.9. The summed E-state index contributed by atoms with van der Waals surface area (Å²) in [6.45, 7) is 0. The van der Waals surface area contributed by atoms with E-state index in [0.717, 1.165) is 38.3 Å². The van der Waals surface area contributed by atoms with E-state index in [9.17, 15) is 0 Å². The number of hydrogen-bond acceptors (Lipinski definition) is 4. The third-order valence-corrected chi connectivity index (χ3v) is 4.14. The summed E-state index contributed by atoms with van der Waals surface area (Å²) in [5.74, 6) is 0.521. The molecule has 1 N–H and O–H groups in total. The largest absolute Gasteiger partial charge is 0.569 e. The molecule has 0 amide bonds. The lowest BCUT2D eigenvalue weighted by Gasteiger charge is -1.99. The summed E-state index contributed by atoms with van der Waals surface area (Å²) >= 11 is 0. The molecule has 3 aromatic carbocycles. The molecule has 5 rings (SSSR count). The molecule has 0 aliphatic heterocycles. The maximum Gasteiger partial charge on any atom is 0.569 e. The van der Waals surface area contributed by atoms with Gasteiger partial charge >= 0.3 is 7.69 Å². The fourth-order valence-electron chi connectivity index (χ4n) is 3.20. The minimum Gasteiger partial charge on any atom is -0.537 e. The molecule has 0 atom stereocenters. The molecule has 0 bridgehead atoms. The van der Waals surface area contributed by atoms with E-state index in [1.165, 1.54) is 0 Å². The number of hydrogen-bond donors (Lipinski definition) is 1. The Hall–Kier alpha value is -2.92. The van der Waals surface area contributed by atoms with Crippen molar-refractivity contribution in [1.82, 2.24) is 0 Å². The fourth-order valence-corrected chi connectivity index (χ4v) is 3.20. The van der Waals surface area contributed by atoms with Gasteiger partial charge in [0.25, 0.3) is 0 Å². The molecule has 0 spiro atoms. The van der Waals surface area contributed by atoms with Crippen LogP contribution in [0.4, 0.5) is 0 Å². The van der Waals surface area contributed by atoms with Crippen molar-refractivity contribution in [3.05, 3.63) is 54.6 Å². The first kappa shape index (κ1) is 12.6. The van der Waals surface area contributed by atoms with Gasteiger partial charge in [-0.1, -0.05) is 18.2 Å².